The van der Waals surface area contributed by atoms with Crippen LogP contribution in [-0.4, -0.2) is 19.5 Å². The standard InChI is InChI=1S/C58H34N4O2/c1-7-19-47-39(13-1)40-14-2-8-20-48(40)58(47,38-30-32-46-44-18-6-12-24-52(44)64-54(46)34-38)56-59-55(60-57(61-56)62-49-21-9-3-15-41(49)42-16-4-10-22-50(42)62)36-27-25-35(26-28-36)37-29-31-45-43-17-5-11-23-51(43)63-53(45)33-37/h1-34H. The van der Waals surface area contributed by atoms with Gasteiger partial charge in [-0.25, -0.2) is 4.98 Å². The van der Waals surface area contributed by atoms with Crippen LogP contribution in [0.1, 0.15) is 22.5 Å². The smallest absolute Gasteiger partial charge is 0.238 e. The van der Waals surface area contributed by atoms with Crippen molar-refractivity contribution in [1.82, 2.24) is 19.5 Å². The SMILES string of the molecule is c1ccc2c(c1)-c1ccccc1C2(c1ccc2c(c1)oc1ccccc12)c1nc(-c2ccc(-c3ccc4c(c3)oc3ccccc34)cc2)nc(-n2c3ccccc3c3ccccc32)n1. The van der Waals surface area contributed by atoms with Gasteiger partial charge in [-0.1, -0.05) is 164 Å². The maximum atomic E-state index is 6.60. The molecule has 0 unspecified atom stereocenters. The first-order chi connectivity index (χ1) is 31.7. The van der Waals surface area contributed by atoms with E-state index in [2.05, 4.69) is 187 Å². The lowest BCUT2D eigenvalue weighted by atomic mass is 9.71. The molecular formula is C58H34N4O2. The predicted octanol–water partition coefficient (Wildman–Crippen LogP) is 14.5. The van der Waals surface area contributed by atoms with Crippen LogP contribution in [0.25, 0.3) is 105 Å². The van der Waals surface area contributed by atoms with Crippen LogP contribution in [0.3, 0.4) is 0 Å². The highest BCUT2D eigenvalue weighted by atomic mass is 16.3. The van der Waals surface area contributed by atoms with Crippen LogP contribution < -0.4 is 0 Å². The summed E-state index contributed by atoms with van der Waals surface area (Å²) < 4.78 is 15.1. The fourth-order valence-electron chi connectivity index (χ4n) is 10.5. The van der Waals surface area contributed by atoms with Gasteiger partial charge in [-0.05, 0) is 81.4 Å². The molecule has 298 valence electrons. The van der Waals surface area contributed by atoms with Gasteiger partial charge in [-0.15, -0.1) is 0 Å². The number of furan rings is 2. The summed E-state index contributed by atoms with van der Waals surface area (Å²) in [5, 5.41) is 6.64. The maximum Gasteiger partial charge on any atom is 0.238 e. The largest absolute Gasteiger partial charge is 0.456 e. The highest BCUT2D eigenvalue weighted by Gasteiger charge is 2.49. The molecule has 6 heteroatoms. The number of hydrogen-bond acceptors (Lipinski definition) is 5. The molecule has 0 saturated heterocycles. The van der Waals surface area contributed by atoms with E-state index in [-0.39, 0.29) is 0 Å². The highest BCUT2D eigenvalue weighted by molar-refractivity contribution is 6.09. The Morgan fingerprint density at radius 2 is 0.844 bits per heavy atom. The number of rotatable bonds is 5. The van der Waals surface area contributed by atoms with Gasteiger partial charge in [-0.2, -0.15) is 9.97 Å². The zero-order valence-electron chi connectivity index (χ0n) is 34.2. The van der Waals surface area contributed by atoms with Crippen molar-refractivity contribution in [3.05, 3.63) is 229 Å². The molecule has 4 heterocycles. The Labute approximate surface area is 366 Å². The van der Waals surface area contributed by atoms with E-state index in [1.165, 1.54) is 0 Å². The number of benzene rings is 9. The molecule has 0 N–H and O–H groups in total. The Morgan fingerprint density at radius 3 is 1.48 bits per heavy atom. The van der Waals surface area contributed by atoms with Gasteiger partial charge in [0.15, 0.2) is 11.6 Å². The van der Waals surface area contributed by atoms with Crippen molar-refractivity contribution in [2.45, 2.75) is 5.41 Å². The van der Waals surface area contributed by atoms with E-state index >= 15 is 0 Å². The summed E-state index contributed by atoms with van der Waals surface area (Å²) in [7, 11) is 0. The van der Waals surface area contributed by atoms with Gasteiger partial charge in [0.05, 0.1) is 11.0 Å². The molecule has 0 spiro atoms. The Kier molecular flexibility index (Phi) is 7.22. The Balaban J connectivity index is 1.04. The first-order valence-electron chi connectivity index (χ1n) is 21.6. The topological polar surface area (TPSA) is 69.9 Å². The quantitative estimate of drug-likeness (QED) is 0.173. The third-order valence-corrected chi connectivity index (χ3v) is 13.4. The van der Waals surface area contributed by atoms with Crippen LogP contribution in [0.5, 0.6) is 0 Å². The second-order valence-electron chi connectivity index (χ2n) is 16.7. The highest BCUT2D eigenvalue weighted by Crippen LogP contribution is 2.56. The maximum absolute atomic E-state index is 6.60. The number of nitrogens with zero attached hydrogens (tertiary/aromatic N) is 4. The zero-order chi connectivity index (χ0) is 41.9. The minimum atomic E-state index is -0.937. The molecule has 0 bridgehead atoms. The Morgan fingerprint density at radius 1 is 0.359 bits per heavy atom. The van der Waals surface area contributed by atoms with Gasteiger partial charge in [-0.3, -0.25) is 4.57 Å². The fourth-order valence-corrected chi connectivity index (χ4v) is 10.5. The molecule has 6 nitrogen and oxygen atoms in total. The molecule has 1 aliphatic carbocycles. The summed E-state index contributed by atoms with van der Waals surface area (Å²) in [5.41, 5.74) is 13.1. The van der Waals surface area contributed by atoms with E-state index in [0.717, 1.165) is 110 Å². The van der Waals surface area contributed by atoms with Crippen LogP contribution in [0.15, 0.2) is 215 Å². The van der Waals surface area contributed by atoms with Gasteiger partial charge in [0, 0.05) is 37.9 Å². The fraction of sp³-hybridized carbons (Fsp3) is 0.0172. The third kappa shape index (κ3) is 4.87. The van der Waals surface area contributed by atoms with Crippen molar-refractivity contribution in [1.29, 1.82) is 0 Å². The van der Waals surface area contributed by atoms with Crippen molar-refractivity contribution >= 4 is 65.7 Å². The van der Waals surface area contributed by atoms with Crippen LogP contribution >= 0.6 is 0 Å². The lowest BCUT2D eigenvalue weighted by Crippen LogP contribution is -2.32. The zero-order valence-corrected chi connectivity index (χ0v) is 34.2. The summed E-state index contributed by atoms with van der Waals surface area (Å²) in [6.45, 7) is 0. The minimum absolute atomic E-state index is 0.544. The van der Waals surface area contributed by atoms with Crippen molar-refractivity contribution in [2.24, 2.45) is 0 Å². The Hall–Kier alpha value is -8.61. The number of fused-ring (bicyclic) bond motifs is 12. The lowest BCUT2D eigenvalue weighted by molar-refractivity contribution is 0.659. The van der Waals surface area contributed by atoms with Crippen LogP contribution in [0.4, 0.5) is 0 Å². The van der Waals surface area contributed by atoms with E-state index in [1.54, 1.807) is 0 Å². The summed E-state index contributed by atoms with van der Waals surface area (Å²) in [5.74, 6) is 1.75. The summed E-state index contributed by atoms with van der Waals surface area (Å²) in [4.78, 5) is 16.7. The molecular weight excluding hydrogens is 785 g/mol. The van der Waals surface area contributed by atoms with Crippen LogP contribution in [0, 0.1) is 0 Å². The number of para-hydroxylation sites is 4. The summed E-state index contributed by atoms with van der Waals surface area (Å²) in [6.07, 6.45) is 0. The Bertz CT molecular complexity index is 3940. The molecule has 0 atom stereocenters. The molecule has 0 radical (unpaired) electrons. The molecule has 14 rings (SSSR count). The van der Waals surface area contributed by atoms with Crippen molar-refractivity contribution < 1.29 is 8.83 Å². The van der Waals surface area contributed by atoms with Crippen LogP contribution in [-0.2, 0) is 5.41 Å². The van der Waals surface area contributed by atoms with E-state index in [4.69, 9.17) is 23.8 Å². The molecule has 1 aliphatic rings. The molecule has 0 aliphatic heterocycles. The first kappa shape index (κ1) is 35.0. The monoisotopic (exact) mass is 818 g/mol. The average Bonchev–Trinajstić information content (AvgIpc) is 4.10. The second kappa shape index (κ2) is 13.2. The van der Waals surface area contributed by atoms with Crippen molar-refractivity contribution in [2.75, 3.05) is 0 Å². The molecule has 4 aromatic heterocycles. The summed E-state index contributed by atoms with van der Waals surface area (Å²) >= 11 is 0. The molecule has 13 aromatic rings. The van der Waals surface area contributed by atoms with Crippen molar-refractivity contribution in [3.63, 3.8) is 0 Å². The van der Waals surface area contributed by atoms with E-state index in [0.29, 0.717) is 17.6 Å². The van der Waals surface area contributed by atoms with Gasteiger partial charge in [0.2, 0.25) is 5.95 Å². The van der Waals surface area contributed by atoms with Gasteiger partial charge in [0.1, 0.15) is 27.7 Å². The van der Waals surface area contributed by atoms with Gasteiger partial charge < -0.3 is 8.83 Å². The number of hydrogen-bond donors (Lipinski definition) is 0. The lowest BCUT2D eigenvalue weighted by Gasteiger charge is -2.32. The molecule has 0 saturated carbocycles. The normalized spacial score (nSPS) is 13.1. The molecule has 64 heavy (non-hydrogen) atoms. The van der Waals surface area contributed by atoms with Crippen molar-refractivity contribution in [3.8, 4) is 39.6 Å². The van der Waals surface area contributed by atoms with Gasteiger partial charge in [0.25, 0.3) is 0 Å². The molecule has 0 fully saturated rings. The van der Waals surface area contributed by atoms with E-state index in [1.807, 2.05) is 24.3 Å². The second-order valence-corrected chi connectivity index (χ2v) is 16.7. The minimum Gasteiger partial charge on any atom is -0.456 e. The van der Waals surface area contributed by atoms with Crippen LogP contribution in [0.2, 0.25) is 0 Å². The van der Waals surface area contributed by atoms with E-state index in [9.17, 15) is 0 Å². The first-order valence-corrected chi connectivity index (χ1v) is 21.6. The predicted molar refractivity (Wildman–Crippen MR) is 257 cm³/mol. The van der Waals surface area contributed by atoms with E-state index < -0.39 is 5.41 Å². The molecule has 9 aromatic carbocycles. The number of aromatic nitrogens is 4. The third-order valence-electron chi connectivity index (χ3n) is 13.4. The molecule has 0 amide bonds. The summed E-state index contributed by atoms with van der Waals surface area (Å²) in [6, 6.07) is 72.4. The van der Waals surface area contributed by atoms with Gasteiger partial charge >= 0.3 is 0 Å². The average molecular weight is 819 g/mol.